The topological polar surface area (TPSA) is 77.5 Å². The number of carbonyl (C=O) groups is 1. The Morgan fingerprint density at radius 1 is 1.30 bits per heavy atom. The van der Waals surface area contributed by atoms with Crippen molar-refractivity contribution in [3.05, 3.63) is 23.2 Å². The van der Waals surface area contributed by atoms with Crippen LogP contribution in [0.25, 0.3) is 0 Å². The van der Waals surface area contributed by atoms with Gasteiger partial charge in [-0.1, -0.05) is 39.0 Å². The van der Waals surface area contributed by atoms with Gasteiger partial charge in [0.1, 0.15) is 12.4 Å². The smallest absolute Gasteiger partial charge is 0.301 e. The molecule has 0 saturated carbocycles. The van der Waals surface area contributed by atoms with Crippen molar-refractivity contribution in [3.63, 3.8) is 0 Å². The first-order valence-electron chi connectivity index (χ1n) is 7.37. The third kappa shape index (κ3) is 5.75. The van der Waals surface area contributed by atoms with Crippen molar-refractivity contribution < 1.29 is 13.9 Å². The number of carbonyl (C=O) groups excluding carboxylic acids is 1. The first-order valence-corrected chi connectivity index (χ1v) is 7.37. The van der Waals surface area contributed by atoms with E-state index >= 15 is 0 Å². The van der Waals surface area contributed by atoms with Gasteiger partial charge in [0.2, 0.25) is 0 Å². The van der Waals surface area contributed by atoms with Gasteiger partial charge < -0.3 is 9.15 Å². The molecular weight excluding hydrogens is 256 g/mol. The Balaban J connectivity index is 2.18. The van der Waals surface area contributed by atoms with Gasteiger partial charge in [-0.2, -0.15) is 0 Å². The van der Waals surface area contributed by atoms with Gasteiger partial charge in [0.25, 0.3) is 0 Å². The fourth-order valence-corrected chi connectivity index (χ4v) is 2.07. The maximum absolute atomic E-state index is 11.4. The predicted octanol–water partition coefficient (Wildman–Crippen LogP) is 3.07. The Hall–Kier alpha value is -1.33. The van der Waals surface area contributed by atoms with Crippen molar-refractivity contribution in [1.29, 1.82) is 0 Å². The minimum Gasteiger partial charge on any atom is -0.453 e. The lowest BCUT2D eigenvalue weighted by atomic mass is 10.1. The molecule has 0 unspecified atom stereocenters. The summed E-state index contributed by atoms with van der Waals surface area (Å²) in [4.78, 5) is 11.4. The van der Waals surface area contributed by atoms with Crippen LogP contribution in [0.3, 0.4) is 0 Å². The first kappa shape index (κ1) is 16.7. The number of ether oxygens (including phenoxy) is 1. The summed E-state index contributed by atoms with van der Waals surface area (Å²) in [7, 11) is 0. The van der Waals surface area contributed by atoms with Crippen LogP contribution in [0.5, 0.6) is 0 Å². The Morgan fingerprint density at radius 3 is 2.70 bits per heavy atom. The number of furan rings is 1. The van der Waals surface area contributed by atoms with Crippen molar-refractivity contribution in [2.75, 3.05) is 6.61 Å². The molecule has 1 rings (SSSR count). The van der Waals surface area contributed by atoms with Gasteiger partial charge in [-0.05, 0) is 19.4 Å². The van der Waals surface area contributed by atoms with E-state index in [1.165, 1.54) is 32.1 Å². The van der Waals surface area contributed by atoms with Crippen molar-refractivity contribution in [3.8, 4) is 0 Å². The zero-order valence-corrected chi connectivity index (χ0v) is 12.5. The number of rotatable bonds is 10. The van der Waals surface area contributed by atoms with Crippen LogP contribution in [-0.4, -0.2) is 12.5 Å². The molecule has 3 N–H and O–H groups in total. The highest BCUT2D eigenvalue weighted by molar-refractivity contribution is 5.92. The van der Waals surface area contributed by atoms with E-state index in [-0.39, 0.29) is 5.76 Å². The molecule has 5 heteroatoms. The Kier molecular flexibility index (Phi) is 7.99. The molecule has 0 aliphatic heterocycles. The van der Waals surface area contributed by atoms with Crippen LogP contribution in [0.4, 0.5) is 0 Å². The van der Waals surface area contributed by atoms with E-state index in [1.807, 2.05) is 13.0 Å². The molecular formula is C15H26N2O3. The molecule has 0 atom stereocenters. The second kappa shape index (κ2) is 9.55. The number of nitrogens with one attached hydrogen (secondary N) is 1. The average Bonchev–Trinajstić information content (AvgIpc) is 2.82. The number of hydrazine groups is 1. The predicted molar refractivity (Wildman–Crippen MR) is 78.1 cm³/mol. The zero-order valence-electron chi connectivity index (χ0n) is 12.5. The highest BCUT2D eigenvalue weighted by atomic mass is 16.5. The van der Waals surface area contributed by atoms with Crippen LogP contribution in [-0.2, 0) is 11.3 Å². The summed E-state index contributed by atoms with van der Waals surface area (Å²) in [6, 6.07) is 1.81. The molecule has 0 aromatic carbocycles. The van der Waals surface area contributed by atoms with E-state index in [1.54, 1.807) is 0 Å². The molecule has 0 radical (unpaired) electrons. The van der Waals surface area contributed by atoms with Gasteiger partial charge in [0.15, 0.2) is 5.76 Å². The van der Waals surface area contributed by atoms with Crippen LogP contribution in [0.2, 0.25) is 0 Å². The maximum Gasteiger partial charge on any atom is 0.301 e. The molecule has 0 aliphatic rings. The lowest BCUT2D eigenvalue weighted by Crippen LogP contribution is -2.30. The quantitative estimate of drug-likeness (QED) is 0.299. The van der Waals surface area contributed by atoms with E-state index in [0.29, 0.717) is 12.4 Å². The zero-order chi connectivity index (χ0) is 14.8. The largest absolute Gasteiger partial charge is 0.453 e. The van der Waals surface area contributed by atoms with Crippen molar-refractivity contribution >= 4 is 5.91 Å². The fourth-order valence-electron chi connectivity index (χ4n) is 2.07. The standard InChI is InChI=1S/C15H26N2O3/c1-3-4-5-6-7-8-9-19-11-13-10-12(2)14(20-13)15(18)17-16/h10H,3-9,11,16H2,1-2H3,(H,17,18). The van der Waals surface area contributed by atoms with E-state index < -0.39 is 5.91 Å². The number of unbranched alkanes of at least 4 members (excludes halogenated alkanes) is 5. The van der Waals surface area contributed by atoms with Gasteiger partial charge in [-0.25, -0.2) is 5.84 Å². The molecule has 1 heterocycles. The maximum atomic E-state index is 11.4. The third-order valence-electron chi connectivity index (χ3n) is 3.19. The summed E-state index contributed by atoms with van der Waals surface area (Å²) >= 11 is 0. The molecule has 0 fully saturated rings. The van der Waals surface area contributed by atoms with Gasteiger partial charge in [0, 0.05) is 12.2 Å². The lowest BCUT2D eigenvalue weighted by Gasteiger charge is -2.02. The third-order valence-corrected chi connectivity index (χ3v) is 3.19. The molecule has 114 valence electrons. The summed E-state index contributed by atoms with van der Waals surface area (Å²) in [6.45, 7) is 5.15. The number of nitrogen functional groups attached to an aromatic ring is 1. The van der Waals surface area contributed by atoms with Gasteiger partial charge in [-0.15, -0.1) is 0 Å². The SMILES string of the molecule is CCCCCCCCOCc1cc(C)c(C(=O)NN)o1. The van der Waals surface area contributed by atoms with Crippen LogP contribution in [0.15, 0.2) is 10.5 Å². The fraction of sp³-hybridized carbons (Fsp3) is 0.667. The highest BCUT2D eigenvalue weighted by Crippen LogP contribution is 2.15. The monoisotopic (exact) mass is 282 g/mol. The first-order chi connectivity index (χ1) is 9.69. The molecule has 0 spiro atoms. The second-order valence-electron chi connectivity index (χ2n) is 5.02. The lowest BCUT2D eigenvalue weighted by molar-refractivity contribution is 0.0888. The summed E-state index contributed by atoms with van der Waals surface area (Å²) in [5.74, 6) is 5.58. The number of hydrogen-bond donors (Lipinski definition) is 2. The number of amides is 1. The van der Waals surface area contributed by atoms with Crippen LogP contribution >= 0.6 is 0 Å². The number of hydrogen-bond acceptors (Lipinski definition) is 4. The van der Waals surface area contributed by atoms with E-state index in [9.17, 15) is 4.79 Å². The van der Waals surface area contributed by atoms with Crippen molar-refractivity contribution in [2.24, 2.45) is 5.84 Å². The molecule has 0 aliphatic carbocycles. The normalized spacial score (nSPS) is 10.8. The summed E-state index contributed by atoms with van der Waals surface area (Å²) in [5.41, 5.74) is 2.83. The van der Waals surface area contributed by atoms with Crippen LogP contribution < -0.4 is 11.3 Å². The van der Waals surface area contributed by atoms with E-state index in [2.05, 4.69) is 12.3 Å². The Morgan fingerprint density at radius 2 is 2.00 bits per heavy atom. The Labute approximate surface area is 120 Å². The average molecular weight is 282 g/mol. The molecule has 5 nitrogen and oxygen atoms in total. The Bertz CT molecular complexity index is 402. The van der Waals surface area contributed by atoms with Gasteiger partial charge in [-0.3, -0.25) is 10.2 Å². The highest BCUT2D eigenvalue weighted by Gasteiger charge is 2.14. The molecule has 1 aromatic heterocycles. The summed E-state index contributed by atoms with van der Waals surface area (Å²) in [5, 5.41) is 0. The summed E-state index contributed by atoms with van der Waals surface area (Å²) in [6.07, 6.45) is 7.45. The van der Waals surface area contributed by atoms with Crippen LogP contribution in [0.1, 0.15) is 67.3 Å². The van der Waals surface area contributed by atoms with Crippen LogP contribution in [0, 0.1) is 6.92 Å². The molecule has 0 saturated heterocycles. The van der Waals surface area contributed by atoms with Gasteiger partial charge in [0.05, 0.1) is 0 Å². The van der Waals surface area contributed by atoms with E-state index in [0.717, 1.165) is 18.6 Å². The minimum absolute atomic E-state index is 0.255. The molecule has 0 bridgehead atoms. The van der Waals surface area contributed by atoms with E-state index in [4.69, 9.17) is 15.0 Å². The molecule has 1 amide bonds. The number of aryl methyl sites for hydroxylation is 1. The molecule has 1 aromatic rings. The van der Waals surface area contributed by atoms with Crippen molar-refractivity contribution in [2.45, 2.75) is 59.0 Å². The van der Waals surface area contributed by atoms with Gasteiger partial charge >= 0.3 is 5.91 Å². The minimum atomic E-state index is -0.412. The van der Waals surface area contributed by atoms with Crippen molar-refractivity contribution in [1.82, 2.24) is 5.43 Å². The summed E-state index contributed by atoms with van der Waals surface area (Å²) < 4.78 is 11.0. The number of nitrogens with two attached hydrogens (primary N) is 1. The second-order valence-corrected chi connectivity index (χ2v) is 5.02. The molecule has 20 heavy (non-hydrogen) atoms.